The monoisotopic (exact) mass is 781 g/mol. The van der Waals surface area contributed by atoms with Crippen LogP contribution in [0.4, 0.5) is 5.82 Å². The highest BCUT2D eigenvalue weighted by Gasteiger charge is 2.45. The lowest BCUT2D eigenvalue weighted by Gasteiger charge is -2.39. The van der Waals surface area contributed by atoms with Crippen LogP contribution in [0.3, 0.4) is 0 Å². The van der Waals surface area contributed by atoms with Crippen LogP contribution in [0.1, 0.15) is 70.4 Å². The van der Waals surface area contributed by atoms with Crippen LogP contribution in [0.5, 0.6) is 11.5 Å². The van der Waals surface area contributed by atoms with Crippen molar-refractivity contribution in [2.24, 2.45) is 0 Å². The summed E-state index contributed by atoms with van der Waals surface area (Å²) in [5.41, 5.74) is 2.98. The number of hydrogen-bond donors (Lipinski definition) is 1. The molecule has 0 aliphatic carbocycles. The molecular weight excluding hydrogens is 729 g/mol. The molecule has 6 rings (SSSR count). The Hall–Kier alpha value is -4.67. The van der Waals surface area contributed by atoms with Crippen molar-refractivity contribution >= 4 is 25.5 Å². The molecule has 4 atom stereocenters. The van der Waals surface area contributed by atoms with Crippen LogP contribution in [-0.2, 0) is 24.1 Å². The summed E-state index contributed by atoms with van der Waals surface area (Å²) in [6.45, 7) is 11.6. The van der Waals surface area contributed by atoms with Crippen molar-refractivity contribution in [1.29, 1.82) is 5.26 Å². The zero-order valence-corrected chi connectivity index (χ0v) is 34.1. The first kappa shape index (κ1) is 41.0. The van der Waals surface area contributed by atoms with Gasteiger partial charge < -0.3 is 33.3 Å². The fourth-order valence-corrected chi connectivity index (χ4v) is 8.94. The van der Waals surface area contributed by atoms with E-state index in [-0.39, 0.29) is 31.7 Å². The smallest absolute Gasteiger partial charge is 0.259 e. The molecule has 0 amide bonds. The number of rotatable bonds is 19. The van der Waals surface area contributed by atoms with Gasteiger partial charge in [-0.25, -0.2) is 19.6 Å². The molecule has 1 unspecified atom stereocenters. The number of ether oxygens (including phenoxy) is 4. The molecule has 296 valence electrons. The number of benzene rings is 3. The van der Waals surface area contributed by atoms with Gasteiger partial charge in [0.2, 0.25) is 0 Å². The van der Waals surface area contributed by atoms with Crippen LogP contribution in [0.2, 0.25) is 0 Å². The van der Waals surface area contributed by atoms with Crippen LogP contribution >= 0.6 is 8.53 Å². The Kier molecular flexibility index (Phi) is 13.9. The minimum Gasteiger partial charge on any atom is -0.497 e. The molecule has 1 fully saturated rings. The van der Waals surface area contributed by atoms with Gasteiger partial charge >= 0.3 is 0 Å². The molecule has 3 heterocycles. The zero-order chi connectivity index (χ0) is 39.7. The Balaban J connectivity index is 1.43. The van der Waals surface area contributed by atoms with Gasteiger partial charge in [-0.2, -0.15) is 5.26 Å². The zero-order valence-electron chi connectivity index (χ0n) is 33.2. The summed E-state index contributed by atoms with van der Waals surface area (Å²) in [4.78, 5) is 13.7. The van der Waals surface area contributed by atoms with Crippen molar-refractivity contribution in [3.63, 3.8) is 0 Å². The number of hydrogen-bond acceptors (Lipinski definition) is 12. The van der Waals surface area contributed by atoms with Crippen LogP contribution in [-0.4, -0.2) is 82.5 Å². The Morgan fingerprint density at radius 2 is 1.54 bits per heavy atom. The molecule has 2 aromatic heterocycles. The third kappa shape index (κ3) is 8.82. The molecular formula is C42H52N7O6P. The predicted molar refractivity (Wildman–Crippen MR) is 216 cm³/mol. The average molecular weight is 782 g/mol. The minimum atomic E-state index is -1.60. The number of nitriles is 1. The molecule has 56 heavy (non-hydrogen) atoms. The van der Waals surface area contributed by atoms with Crippen molar-refractivity contribution in [2.45, 2.75) is 83.6 Å². The van der Waals surface area contributed by atoms with Crippen molar-refractivity contribution in [1.82, 2.24) is 24.2 Å². The number of methoxy groups -OCH3 is 2. The predicted octanol–water partition coefficient (Wildman–Crippen LogP) is 8.23. The number of nitrogens with one attached hydrogen (secondary N) is 1. The highest BCUT2D eigenvalue weighted by Crippen LogP contribution is 2.51. The van der Waals surface area contributed by atoms with E-state index in [0.29, 0.717) is 29.9 Å². The van der Waals surface area contributed by atoms with Gasteiger partial charge in [0.05, 0.1) is 52.4 Å². The third-order valence-corrected chi connectivity index (χ3v) is 11.9. The summed E-state index contributed by atoms with van der Waals surface area (Å²) in [6.07, 6.45) is 2.48. The number of anilines is 1. The lowest BCUT2D eigenvalue weighted by Crippen LogP contribution is -2.39. The number of nitrogens with zero attached hydrogens (tertiary/aromatic N) is 6. The Bertz CT molecular complexity index is 1970. The standard InChI is InChI=1S/C42H52N7O6P/c1-8-44-40-39-41(46-27-45-40)48(28-47-39)38-25-36(55-56(53-24-12-23-43)49(29(2)3)30(4)5)37(54-38)26-52-42(31-13-10-9-11-14-31,32-15-19-34(50-6)20-16-32)33-17-21-35(51-7)22-18-33/h9-11,13-22,27-30,36-38H,8,12,24-26H2,1-7H3,(H,44,45,46)/t36-,37+,38+,56?/m0/s1. The summed E-state index contributed by atoms with van der Waals surface area (Å²) in [5, 5.41) is 12.7. The quantitative estimate of drug-likeness (QED) is 0.0491. The first-order valence-electron chi connectivity index (χ1n) is 19.0. The first-order valence-corrected chi connectivity index (χ1v) is 20.2. The summed E-state index contributed by atoms with van der Waals surface area (Å²) in [6, 6.07) is 28.5. The van der Waals surface area contributed by atoms with Crippen molar-refractivity contribution < 1.29 is 28.0 Å². The topological polar surface area (TPSA) is 138 Å². The Morgan fingerprint density at radius 1 is 0.911 bits per heavy atom. The van der Waals surface area contributed by atoms with Gasteiger partial charge in [0.25, 0.3) is 8.53 Å². The maximum Gasteiger partial charge on any atom is 0.259 e. The second-order valence-corrected chi connectivity index (χ2v) is 15.4. The molecule has 14 heteroatoms. The molecule has 1 aliphatic heterocycles. The summed E-state index contributed by atoms with van der Waals surface area (Å²) in [7, 11) is 1.71. The van der Waals surface area contributed by atoms with Gasteiger partial charge in [0, 0.05) is 25.0 Å². The maximum atomic E-state index is 9.38. The van der Waals surface area contributed by atoms with Gasteiger partial charge in [-0.3, -0.25) is 4.57 Å². The number of fused-ring (bicyclic) bond motifs is 1. The van der Waals surface area contributed by atoms with Gasteiger partial charge in [-0.1, -0.05) is 54.6 Å². The van der Waals surface area contributed by atoms with Crippen LogP contribution in [0.25, 0.3) is 11.2 Å². The minimum absolute atomic E-state index is 0.116. The van der Waals surface area contributed by atoms with E-state index >= 15 is 0 Å². The Labute approximate surface area is 330 Å². The molecule has 1 aliphatic rings. The maximum absolute atomic E-state index is 9.38. The van der Waals surface area contributed by atoms with E-state index in [2.05, 4.69) is 65.9 Å². The lowest BCUT2D eigenvalue weighted by molar-refractivity contribution is -0.0912. The van der Waals surface area contributed by atoms with Crippen molar-refractivity contribution in [2.75, 3.05) is 39.3 Å². The van der Waals surface area contributed by atoms with Gasteiger partial charge in [0.15, 0.2) is 17.0 Å². The van der Waals surface area contributed by atoms with E-state index in [4.69, 9.17) is 33.0 Å². The average Bonchev–Trinajstić information content (AvgIpc) is 3.83. The molecule has 0 saturated carbocycles. The SMILES string of the molecule is CCNc1ncnc2c1ncn2[C@H]1C[C@H](OP(OCCC#N)N(C(C)C)C(C)C)[C@@H](COC(c2ccccc2)(c2ccc(OC)cc2)c2ccc(OC)cc2)O1. The largest absolute Gasteiger partial charge is 0.497 e. The van der Waals surface area contributed by atoms with Gasteiger partial charge in [0.1, 0.15) is 35.8 Å². The van der Waals surface area contributed by atoms with E-state index in [1.807, 2.05) is 78.2 Å². The van der Waals surface area contributed by atoms with E-state index in [1.54, 1.807) is 20.5 Å². The van der Waals surface area contributed by atoms with E-state index < -0.39 is 32.6 Å². The summed E-state index contributed by atoms with van der Waals surface area (Å²) < 4.78 is 43.0. The molecule has 13 nitrogen and oxygen atoms in total. The molecule has 1 saturated heterocycles. The van der Waals surface area contributed by atoms with Gasteiger partial charge in [-0.15, -0.1) is 0 Å². The molecule has 1 N–H and O–H groups in total. The van der Waals surface area contributed by atoms with Crippen molar-refractivity contribution in [3.05, 3.63) is 108 Å². The second-order valence-electron chi connectivity index (χ2n) is 13.9. The molecule has 0 radical (unpaired) electrons. The summed E-state index contributed by atoms with van der Waals surface area (Å²) in [5.74, 6) is 2.13. The van der Waals surface area contributed by atoms with E-state index in [1.165, 1.54) is 6.33 Å². The van der Waals surface area contributed by atoms with Crippen LogP contribution in [0, 0.1) is 11.3 Å². The third-order valence-electron chi connectivity index (χ3n) is 9.72. The first-order chi connectivity index (χ1) is 27.2. The number of aromatic nitrogens is 4. The number of imidazole rings is 1. The van der Waals surface area contributed by atoms with E-state index in [9.17, 15) is 5.26 Å². The highest BCUT2D eigenvalue weighted by atomic mass is 31.2. The van der Waals surface area contributed by atoms with Crippen LogP contribution < -0.4 is 14.8 Å². The molecule has 0 spiro atoms. The lowest BCUT2D eigenvalue weighted by atomic mass is 9.80. The normalized spacial score (nSPS) is 17.8. The second kappa shape index (κ2) is 19.0. The van der Waals surface area contributed by atoms with Crippen LogP contribution in [0.15, 0.2) is 91.5 Å². The van der Waals surface area contributed by atoms with Gasteiger partial charge in [-0.05, 0) is 75.6 Å². The summed E-state index contributed by atoms with van der Waals surface area (Å²) >= 11 is 0. The fraction of sp³-hybridized carbons (Fsp3) is 0.429. The van der Waals surface area contributed by atoms with E-state index in [0.717, 1.165) is 28.2 Å². The fourth-order valence-electron chi connectivity index (χ4n) is 7.18. The highest BCUT2D eigenvalue weighted by molar-refractivity contribution is 7.44. The molecule has 0 bridgehead atoms. The van der Waals surface area contributed by atoms with Crippen molar-refractivity contribution in [3.8, 4) is 17.6 Å². The molecule has 5 aromatic rings. The Morgan fingerprint density at radius 3 is 2.11 bits per heavy atom. The molecule has 3 aromatic carbocycles.